The van der Waals surface area contributed by atoms with Crippen molar-refractivity contribution in [3.63, 3.8) is 0 Å². The van der Waals surface area contributed by atoms with Gasteiger partial charge in [0.05, 0.1) is 39.6 Å². The first-order chi connectivity index (χ1) is 58.2. The van der Waals surface area contributed by atoms with Crippen LogP contribution < -0.4 is 39.3 Å². The third kappa shape index (κ3) is 66.2. The Morgan fingerprint density at radius 2 is 0.395 bits per heavy atom. The highest BCUT2D eigenvalue weighted by molar-refractivity contribution is 5.91. The van der Waals surface area contributed by atoms with E-state index in [9.17, 15) is 0 Å². The van der Waals surface area contributed by atoms with Gasteiger partial charge in [0, 0.05) is 85.5 Å². The van der Waals surface area contributed by atoms with Gasteiger partial charge >= 0.3 is 0 Å². The molecule has 0 aromatic carbocycles. The van der Waals surface area contributed by atoms with Crippen molar-refractivity contribution < 1.29 is 47.5 Å². The van der Waals surface area contributed by atoms with Crippen LogP contribution >= 0.6 is 0 Å². The summed E-state index contributed by atoms with van der Waals surface area (Å²) in [6.45, 7) is 52.5. The summed E-state index contributed by atoms with van der Waals surface area (Å²) in [6.07, 6.45) is 32.7. The lowest BCUT2D eigenvalue weighted by Gasteiger charge is -2.38. The van der Waals surface area contributed by atoms with E-state index in [0.717, 1.165) is 350 Å². The molecule has 2 amide bonds. The summed E-state index contributed by atoms with van der Waals surface area (Å²) < 4.78 is 56.6. The maximum Gasteiger partial charge on any atom is 0.254 e. The number of nitrogens with two attached hydrogens (primary N) is 5. The molecule has 0 bridgehead atoms. The van der Waals surface area contributed by atoms with Crippen LogP contribution in [0.15, 0.2) is 0 Å². The average Bonchev–Trinajstić information content (AvgIpc) is 0.813. The smallest absolute Gasteiger partial charge is 0.254 e. The first-order valence-electron chi connectivity index (χ1n) is 50.0. The van der Waals surface area contributed by atoms with Crippen LogP contribution in [0.5, 0.6) is 0 Å². The zero-order chi connectivity index (χ0) is 87.4. The Bertz CT molecular complexity index is 2020. The lowest BCUT2D eigenvalue weighted by Crippen LogP contribution is -2.65. The number of hydrogen-bond donors (Lipinski definition) is 7. The minimum Gasteiger partial charge on any atom is -0.376 e. The van der Waals surface area contributed by atoms with Gasteiger partial charge in [0.1, 0.15) is 0 Å². The number of carbonyl (C=O) groups excluding carboxylic acids is 2. The van der Waals surface area contributed by atoms with Crippen molar-refractivity contribution >= 4 is 11.8 Å². The minimum absolute atomic E-state index is 0.0127. The zero-order valence-corrected chi connectivity index (χ0v) is 80.1. The maximum atomic E-state index is 16.8. The second-order valence-electron chi connectivity index (χ2n) is 34.0. The Morgan fingerprint density at radius 1 is 0.227 bits per heavy atom. The van der Waals surface area contributed by atoms with E-state index >= 15 is 9.59 Å². The molecule has 12 N–H and O–H groups in total. The summed E-state index contributed by atoms with van der Waals surface area (Å²) in [6, 6.07) is 0. The maximum absolute atomic E-state index is 16.8. The molecule has 0 radical (unpaired) electrons. The fourth-order valence-corrected chi connectivity index (χ4v) is 14.9. The lowest BCUT2D eigenvalue weighted by atomic mass is 10.1. The summed E-state index contributed by atoms with van der Waals surface area (Å²) in [4.78, 5) is 53.7. The number of nitrogens with zero attached hydrogens (tertiary/aromatic N) is 8. The fraction of sp³-hybridized carbons (Fsp3) is 0.979. The quantitative estimate of drug-likeness (QED) is 0.0220. The van der Waals surface area contributed by atoms with Gasteiger partial charge in [-0.05, 0) is 305 Å². The Kier molecular flexibility index (Phi) is 85.4. The Balaban J connectivity index is 9.22. The van der Waals surface area contributed by atoms with Crippen LogP contribution in [0.2, 0.25) is 0 Å². The van der Waals surface area contributed by atoms with Gasteiger partial charge in [-0.2, -0.15) is 0 Å². The molecule has 0 rings (SSSR count). The largest absolute Gasteiger partial charge is 0.376 e. The van der Waals surface area contributed by atoms with E-state index in [1.165, 1.54) is 12.8 Å². The molecule has 25 nitrogen and oxygen atoms in total. The van der Waals surface area contributed by atoms with Gasteiger partial charge in [-0.15, -0.1) is 0 Å². The molecule has 3 unspecified atom stereocenters. The van der Waals surface area contributed by atoms with Gasteiger partial charge < -0.3 is 116 Å². The van der Waals surface area contributed by atoms with Crippen LogP contribution in [-0.4, -0.2) is 344 Å². The van der Waals surface area contributed by atoms with Gasteiger partial charge in [-0.3, -0.25) is 9.59 Å². The number of amides is 2. The molecule has 0 fully saturated rings. The van der Waals surface area contributed by atoms with Gasteiger partial charge in [0.25, 0.3) is 11.8 Å². The van der Waals surface area contributed by atoms with Crippen molar-refractivity contribution in [2.24, 2.45) is 28.7 Å². The van der Waals surface area contributed by atoms with Crippen molar-refractivity contribution in [1.82, 2.24) is 49.8 Å². The van der Waals surface area contributed by atoms with Crippen molar-refractivity contribution in [1.29, 1.82) is 0 Å². The fourth-order valence-electron chi connectivity index (χ4n) is 14.9. The topological polar surface area (TPSA) is 288 Å². The first-order valence-corrected chi connectivity index (χ1v) is 50.0. The third-order valence-corrected chi connectivity index (χ3v) is 22.5. The second-order valence-corrected chi connectivity index (χ2v) is 34.0. The average molecular weight is 1700 g/mol. The molecule has 0 aromatic heterocycles. The molecule has 0 saturated carbocycles. The van der Waals surface area contributed by atoms with E-state index in [-0.39, 0.29) is 46.2 Å². The van der Waals surface area contributed by atoms with Crippen molar-refractivity contribution in [3.05, 3.63) is 0 Å². The summed E-state index contributed by atoms with van der Waals surface area (Å²) in [5.74, 6) is -1.11. The van der Waals surface area contributed by atoms with Crippen molar-refractivity contribution in [2.75, 3.05) is 269 Å². The normalized spacial score (nSPS) is 13.4. The second kappa shape index (κ2) is 86.8. The number of nitrogens with one attached hydrogen (secondary N) is 2. The van der Waals surface area contributed by atoms with E-state index in [2.05, 4.69) is 126 Å². The van der Waals surface area contributed by atoms with Crippen LogP contribution in [0.3, 0.4) is 0 Å². The number of rotatable bonds is 98. The molecule has 0 aliphatic heterocycles. The highest BCUT2D eigenvalue weighted by atomic mass is 16.6. The molecule has 3 atom stereocenters. The predicted octanol–water partition coefficient (Wildman–Crippen LogP) is 13.0. The van der Waals surface area contributed by atoms with Crippen molar-refractivity contribution in [3.8, 4) is 0 Å². The molecule has 0 spiro atoms. The van der Waals surface area contributed by atoms with Crippen LogP contribution in [0.25, 0.3) is 0 Å². The molecule has 25 heteroatoms. The molecule has 119 heavy (non-hydrogen) atoms. The molecule has 0 aromatic rings. The van der Waals surface area contributed by atoms with E-state index in [1.54, 1.807) is 0 Å². The zero-order valence-electron chi connectivity index (χ0n) is 80.1. The molecule has 0 aliphatic carbocycles. The molecule has 712 valence electrons. The van der Waals surface area contributed by atoms with Crippen LogP contribution in [-0.2, 0) is 47.5 Å². The van der Waals surface area contributed by atoms with Crippen molar-refractivity contribution in [2.45, 2.75) is 331 Å². The monoisotopic (exact) mass is 1700 g/mol. The predicted molar refractivity (Wildman–Crippen MR) is 502 cm³/mol. The Morgan fingerprint density at radius 3 is 0.597 bits per heavy atom. The molecule has 0 aliphatic rings. The van der Waals surface area contributed by atoms with Crippen LogP contribution in [0.4, 0.5) is 0 Å². The van der Waals surface area contributed by atoms with Gasteiger partial charge in [-0.1, -0.05) is 147 Å². The summed E-state index contributed by atoms with van der Waals surface area (Å²) in [5.41, 5.74) is 27.5. The van der Waals surface area contributed by atoms with Crippen LogP contribution in [0.1, 0.15) is 307 Å². The van der Waals surface area contributed by atoms with E-state index in [0.29, 0.717) is 91.6 Å². The van der Waals surface area contributed by atoms with Gasteiger partial charge in [0.2, 0.25) is 0 Å². The molecule has 0 saturated heterocycles. The molecular formula is C94H201N15O10. The molecule has 0 heterocycles. The highest BCUT2D eigenvalue weighted by Gasteiger charge is 2.45. The Labute approximate surface area is 734 Å². The summed E-state index contributed by atoms with van der Waals surface area (Å²) in [7, 11) is 0. The van der Waals surface area contributed by atoms with E-state index < -0.39 is 35.5 Å². The van der Waals surface area contributed by atoms with Crippen LogP contribution in [0, 0.1) is 0 Å². The number of hydrogen-bond acceptors (Lipinski definition) is 23. The highest BCUT2D eigenvalue weighted by Crippen LogP contribution is 2.21. The first kappa shape index (κ1) is 117. The summed E-state index contributed by atoms with van der Waals surface area (Å²) in [5, 5.41) is 7.01. The third-order valence-electron chi connectivity index (χ3n) is 22.5. The lowest BCUT2D eigenvalue weighted by molar-refractivity contribution is -0.186. The number of ether oxygens (including phenoxy) is 8. The number of carbonyl (C=O) groups is 2. The minimum atomic E-state index is -1.55. The van der Waals surface area contributed by atoms with E-state index in [4.69, 9.17) is 66.6 Å². The Hall–Kier alpha value is -1.90. The van der Waals surface area contributed by atoms with Gasteiger partial charge in [-0.25, -0.2) is 0 Å². The van der Waals surface area contributed by atoms with E-state index in [1.807, 2.05) is 0 Å². The molecular weight excluding hydrogens is 1500 g/mol. The number of unbranched alkanes of at least 4 members (excludes halogenated alkanes) is 12. The van der Waals surface area contributed by atoms with Gasteiger partial charge in [0.15, 0.2) is 23.7 Å². The summed E-state index contributed by atoms with van der Waals surface area (Å²) >= 11 is 0. The SMILES string of the molecule is CCCCN(CCCC)CCCCOCC(COCCCN(CCCC)CCCC)(NC(=O)C(OCCCN(CCCC)CCCC)C(OCCCN(CCCC)CCCN)C(=O)NC(COCCCN(CCCC)CCCN)(COCCCN(CCCC)CCCN)OCCCN(CCCN)CCCN)OCCCN(CCCC)CCCC. The standard InChI is InChI=1S/C94H201N15O10/c1-12-23-53-102(54-24-13-2)64-34-35-77-112-85-93(118-83-46-75-105(59-29-18-7)60-30-19-8,86-113-78-41-70-103(55-25-14-3)56-26-15-4)100-91(110)89(116-81-44-73-104(57-27-16-5)58-28-17-6)90(117-82-45-74-108(63-33-22-11)67-38-50-97)92(111)101-94(119-84-47-76-109(68-39-51-98)69-40-52-99,87-114-79-42-71-106(61-31-20-9)65-36-48-95)88-115-80-43-72-107(62-32-21-10)66-37-49-96/h89-90H,12-88,95-99H2,1-11H3,(H,100,110)(H,101,111).